The van der Waals surface area contributed by atoms with Gasteiger partial charge in [0.2, 0.25) is 11.8 Å². The highest BCUT2D eigenvalue weighted by Crippen LogP contribution is 2.29. The maximum atomic E-state index is 12.4. The lowest BCUT2D eigenvalue weighted by atomic mass is 9.96. The van der Waals surface area contributed by atoms with Gasteiger partial charge >= 0.3 is 0 Å². The van der Waals surface area contributed by atoms with Gasteiger partial charge in [-0.15, -0.1) is 0 Å². The fourth-order valence-electron chi connectivity index (χ4n) is 3.83. The molecule has 1 atom stereocenters. The highest BCUT2D eigenvalue weighted by Gasteiger charge is 2.27. The Bertz CT molecular complexity index is 698. The second-order valence-electron chi connectivity index (χ2n) is 7.55. The molecule has 1 aromatic carbocycles. The van der Waals surface area contributed by atoms with Crippen molar-refractivity contribution in [2.45, 2.75) is 31.8 Å². The number of methoxy groups -OCH3 is 2. The van der Waals surface area contributed by atoms with Gasteiger partial charge < -0.3 is 24.8 Å². The number of hydrogen-bond acceptors (Lipinski definition) is 6. The molecule has 8 nitrogen and oxygen atoms in total. The molecule has 2 aliphatic heterocycles. The number of benzene rings is 1. The van der Waals surface area contributed by atoms with Gasteiger partial charge in [0.05, 0.1) is 26.9 Å². The van der Waals surface area contributed by atoms with Crippen molar-refractivity contribution < 1.29 is 23.8 Å². The number of likely N-dealkylation sites (tertiary alicyclic amines) is 1. The van der Waals surface area contributed by atoms with Crippen LogP contribution in [0.2, 0.25) is 0 Å². The van der Waals surface area contributed by atoms with E-state index >= 15 is 0 Å². The summed E-state index contributed by atoms with van der Waals surface area (Å²) in [7, 11) is 3.13. The number of carbonyl (C=O) groups excluding carboxylic acids is 2. The number of nitrogens with zero attached hydrogens (tertiary/aromatic N) is 1. The molecule has 1 aromatic rings. The standard InChI is InChI=1S/C21H31N3O5/c1-27-18-6-5-16(12-19(18)28-2)23-20(25)14-24-9-7-15(8-10-24)21(26)22-13-17-4-3-11-29-17/h5-6,12,15,17H,3-4,7-11,13-14H2,1-2H3,(H,22,26)(H,23,25). The van der Waals surface area contributed by atoms with Crippen LogP contribution in [-0.2, 0) is 14.3 Å². The molecule has 0 spiro atoms. The fourth-order valence-corrected chi connectivity index (χ4v) is 3.83. The van der Waals surface area contributed by atoms with Crippen LogP contribution in [0.4, 0.5) is 5.69 Å². The first-order valence-corrected chi connectivity index (χ1v) is 10.2. The van der Waals surface area contributed by atoms with Crippen LogP contribution in [-0.4, -0.2) is 69.8 Å². The predicted molar refractivity (Wildman–Crippen MR) is 109 cm³/mol. The third-order valence-corrected chi connectivity index (χ3v) is 5.52. The van der Waals surface area contributed by atoms with Gasteiger partial charge in [-0.05, 0) is 50.9 Å². The lowest BCUT2D eigenvalue weighted by Gasteiger charge is -2.30. The summed E-state index contributed by atoms with van der Waals surface area (Å²) in [6.45, 7) is 3.17. The summed E-state index contributed by atoms with van der Waals surface area (Å²) in [5, 5.41) is 5.91. The first-order valence-electron chi connectivity index (χ1n) is 10.2. The largest absolute Gasteiger partial charge is 0.493 e. The van der Waals surface area contributed by atoms with E-state index in [1.165, 1.54) is 0 Å². The second-order valence-corrected chi connectivity index (χ2v) is 7.55. The SMILES string of the molecule is COc1ccc(NC(=O)CN2CCC(C(=O)NCC3CCCO3)CC2)cc1OC. The number of ether oxygens (including phenoxy) is 3. The fraction of sp³-hybridized carbons (Fsp3) is 0.619. The first kappa shape index (κ1) is 21.4. The van der Waals surface area contributed by atoms with Crippen molar-refractivity contribution >= 4 is 17.5 Å². The molecule has 160 valence electrons. The van der Waals surface area contributed by atoms with E-state index in [4.69, 9.17) is 14.2 Å². The third-order valence-electron chi connectivity index (χ3n) is 5.52. The van der Waals surface area contributed by atoms with E-state index < -0.39 is 0 Å². The number of hydrogen-bond donors (Lipinski definition) is 2. The second kappa shape index (κ2) is 10.5. The van der Waals surface area contributed by atoms with Crippen LogP contribution in [0.15, 0.2) is 18.2 Å². The van der Waals surface area contributed by atoms with Crippen molar-refractivity contribution in [2.75, 3.05) is 52.3 Å². The van der Waals surface area contributed by atoms with E-state index in [1.807, 2.05) is 0 Å². The lowest BCUT2D eigenvalue weighted by molar-refractivity contribution is -0.127. The molecule has 8 heteroatoms. The summed E-state index contributed by atoms with van der Waals surface area (Å²) in [6, 6.07) is 5.28. The van der Waals surface area contributed by atoms with Crippen LogP contribution in [0, 0.1) is 5.92 Å². The minimum Gasteiger partial charge on any atom is -0.493 e. The molecule has 3 rings (SSSR count). The van der Waals surface area contributed by atoms with Crippen molar-refractivity contribution in [3.05, 3.63) is 18.2 Å². The Balaban J connectivity index is 1.39. The zero-order chi connectivity index (χ0) is 20.6. The minimum absolute atomic E-state index is 0.0153. The van der Waals surface area contributed by atoms with E-state index in [9.17, 15) is 9.59 Å². The van der Waals surface area contributed by atoms with Crippen LogP contribution in [0.3, 0.4) is 0 Å². The monoisotopic (exact) mass is 405 g/mol. The molecule has 2 amide bonds. The molecule has 0 saturated carbocycles. The van der Waals surface area contributed by atoms with Crippen molar-refractivity contribution in [1.29, 1.82) is 0 Å². The molecule has 0 aromatic heterocycles. The van der Waals surface area contributed by atoms with E-state index in [1.54, 1.807) is 32.4 Å². The maximum Gasteiger partial charge on any atom is 0.238 e. The molecular formula is C21H31N3O5. The first-order chi connectivity index (χ1) is 14.1. The molecule has 29 heavy (non-hydrogen) atoms. The molecule has 0 bridgehead atoms. The van der Waals surface area contributed by atoms with Crippen LogP contribution in [0.1, 0.15) is 25.7 Å². The molecular weight excluding hydrogens is 374 g/mol. The Morgan fingerprint density at radius 3 is 2.55 bits per heavy atom. The van der Waals surface area contributed by atoms with Crippen LogP contribution < -0.4 is 20.1 Å². The average molecular weight is 405 g/mol. The Morgan fingerprint density at radius 1 is 1.14 bits per heavy atom. The summed E-state index contributed by atoms with van der Waals surface area (Å²) >= 11 is 0. The number of nitrogens with one attached hydrogen (secondary N) is 2. The van der Waals surface area contributed by atoms with Gasteiger partial charge in [-0.25, -0.2) is 0 Å². The molecule has 2 N–H and O–H groups in total. The summed E-state index contributed by atoms with van der Waals surface area (Å²) in [5.74, 6) is 1.22. The summed E-state index contributed by atoms with van der Waals surface area (Å²) in [5.41, 5.74) is 0.663. The van der Waals surface area contributed by atoms with Crippen LogP contribution >= 0.6 is 0 Å². The van der Waals surface area contributed by atoms with Crippen LogP contribution in [0.5, 0.6) is 11.5 Å². The highest BCUT2D eigenvalue weighted by molar-refractivity contribution is 5.92. The van der Waals surface area contributed by atoms with Crippen molar-refractivity contribution in [3.63, 3.8) is 0 Å². The van der Waals surface area contributed by atoms with Crippen molar-refractivity contribution in [2.24, 2.45) is 5.92 Å². The van der Waals surface area contributed by atoms with E-state index in [0.29, 0.717) is 30.3 Å². The van der Waals surface area contributed by atoms with E-state index in [2.05, 4.69) is 15.5 Å². The third kappa shape index (κ3) is 6.08. The maximum absolute atomic E-state index is 12.4. The molecule has 2 aliphatic rings. The highest BCUT2D eigenvalue weighted by atomic mass is 16.5. The molecule has 0 radical (unpaired) electrons. The summed E-state index contributed by atoms with van der Waals surface area (Å²) < 4.78 is 16.0. The Morgan fingerprint density at radius 2 is 1.90 bits per heavy atom. The zero-order valence-corrected chi connectivity index (χ0v) is 17.2. The van der Waals surface area contributed by atoms with Crippen molar-refractivity contribution in [3.8, 4) is 11.5 Å². The number of piperidine rings is 1. The van der Waals surface area contributed by atoms with Crippen molar-refractivity contribution in [1.82, 2.24) is 10.2 Å². The van der Waals surface area contributed by atoms with Gasteiger partial charge in [-0.1, -0.05) is 0 Å². The average Bonchev–Trinajstić information content (AvgIpc) is 3.26. The van der Waals surface area contributed by atoms with E-state index in [0.717, 1.165) is 45.4 Å². The molecule has 2 saturated heterocycles. The number of carbonyl (C=O) groups is 2. The molecule has 2 fully saturated rings. The Labute approximate surface area is 171 Å². The lowest BCUT2D eigenvalue weighted by Crippen LogP contribution is -2.44. The number of rotatable bonds is 8. The van der Waals surface area contributed by atoms with Gasteiger partial charge in [0, 0.05) is 30.8 Å². The topological polar surface area (TPSA) is 89.1 Å². The quantitative estimate of drug-likeness (QED) is 0.684. The summed E-state index contributed by atoms with van der Waals surface area (Å²) in [4.78, 5) is 26.8. The molecule has 0 aliphatic carbocycles. The normalized spacial score (nSPS) is 20.3. The minimum atomic E-state index is -0.0847. The van der Waals surface area contributed by atoms with Gasteiger partial charge in [0.1, 0.15) is 0 Å². The van der Waals surface area contributed by atoms with Gasteiger partial charge in [-0.2, -0.15) is 0 Å². The Hall–Kier alpha value is -2.32. The smallest absolute Gasteiger partial charge is 0.238 e. The van der Waals surface area contributed by atoms with Gasteiger partial charge in [-0.3, -0.25) is 14.5 Å². The number of amides is 2. The van der Waals surface area contributed by atoms with Gasteiger partial charge in [0.25, 0.3) is 0 Å². The summed E-state index contributed by atoms with van der Waals surface area (Å²) in [6.07, 6.45) is 3.79. The van der Waals surface area contributed by atoms with Crippen LogP contribution in [0.25, 0.3) is 0 Å². The zero-order valence-electron chi connectivity index (χ0n) is 17.2. The Kier molecular flexibility index (Phi) is 7.71. The predicted octanol–water partition coefficient (Wildman–Crippen LogP) is 1.65. The number of anilines is 1. The van der Waals surface area contributed by atoms with Gasteiger partial charge in [0.15, 0.2) is 11.5 Å². The molecule has 2 heterocycles. The molecule has 1 unspecified atom stereocenters. The van der Waals surface area contributed by atoms with E-state index in [-0.39, 0.29) is 23.8 Å².